The van der Waals surface area contributed by atoms with Crippen molar-refractivity contribution in [2.45, 2.75) is 24.5 Å². The van der Waals surface area contributed by atoms with E-state index in [1.54, 1.807) is 0 Å². The number of anilines is 1. The molecule has 1 unspecified atom stereocenters. The first-order valence-corrected chi connectivity index (χ1v) is 5.42. The van der Waals surface area contributed by atoms with Gasteiger partial charge in [0.05, 0.1) is 6.61 Å². The van der Waals surface area contributed by atoms with E-state index >= 15 is 0 Å². The van der Waals surface area contributed by atoms with Crippen molar-refractivity contribution in [1.82, 2.24) is 0 Å². The second-order valence-corrected chi connectivity index (χ2v) is 4.34. The molecule has 0 amide bonds. The summed E-state index contributed by atoms with van der Waals surface area (Å²) < 4.78 is 0. The maximum absolute atomic E-state index is 9.12. The fourth-order valence-electron chi connectivity index (χ4n) is 1.51. The van der Waals surface area contributed by atoms with Crippen LogP contribution in [0, 0.1) is 0 Å². The number of hydrogen-bond donors (Lipinski definition) is 2. The van der Waals surface area contributed by atoms with Crippen LogP contribution in [0.5, 0.6) is 0 Å². The van der Waals surface area contributed by atoms with E-state index in [0.717, 1.165) is 17.0 Å². The van der Waals surface area contributed by atoms with Crippen molar-refractivity contribution in [3.63, 3.8) is 0 Å². The standard InChI is InChI=1S/C10H13NOS/c1-7-6-13-10-8(5-12)3-2-4-9(10)11-7/h2-4,7,11-12H,5-6H2,1H3. The summed E-state index contributed by atoms with van der Waals surface area (Å²) in [5, 5.41) is 12.5. The minimum absolute atomic E-state index is 0.131. The monoisotopic (exact) mass is 195 g/mol. The zero-order chi connectivity index (χ0) is 9.26. The smallest absolute Gasteiger partial charge is 0.0693 e. The summed E-state index contributed by atoms with van der Waals surface area (Å²) in [5.74, 6) is 1.07. The molecule has 1 aromatic rings. The van der Waals surface area contributed by atoms with Gasteiger partial charge in [0.15, 0.2) is 0 Å². The molecular weight excluding hydrogens is 182 g/mol. The van der Waals surface area contributed by atoms with Gasteiger partial charge < -0.3 is 10.4 Å². The quantitative estimate of drug-likeness (QED) is 0.719. The van der Waals surface area contributed by atoms with Gasteiger partial charge in [-0.3, -0.25) is 0 Å². The third-order valence-electron chi connectivity index (χ3n) is 2.15. The molecule has 2 nitrogen and oxygen atoms in total. The molecule has 0 saturated carbocycles. The van der Waals surface area contributed by atoms with E-state index < -0.39 is 0 Å². The van der Waals surface area contributed by atoms with Crippen LogP contribution in [-0.2, 0) is 6.61 Å². The molecule has 0 saturated heterocycles. The van der Waals surface area contributed by atoms with Crippen LogP contribution >= 0.6 is 11.8 Å². The molecule has 1 atom stereocenters. The molecule has 3 heteroatoms. The molecule has 0 radical (unpaired) electrons. The highest BCUT2D eigenvalue weighted by Gasteiger charge is 2.16. The fourth-order valence-corrected chi connectivity index (χ4v) is 2.61. The Morgan fingerprint density at radius 2 is 2.46 bits per heavy atom. The second-order valence-electron chi connectivity index (χ2n) is 3.31. The molecule has 1 aromatic carbocycles. The summed E-state index contributed by atoms with van der Waals surface area (Å²) in [6.07, 6.45) is 0. The third kappa shape index (κ3) is 1.67. The van der Waals surface area contributed by atoms with Crippen molar-refractivity contribution in [2.24, 2.45) is 0 Å². The lowest BCUT2D eigenvalue weighted by Gasteiger charge is -2.25. The van der Waals surface area contributed by atoms with Gasteiger partial charge in [0.1, 0.15) is 0 Å². The Labute approximate surface area is 82.4 Å². The van der Waals surface area contributed by atoms with Gasteiger partial charge in [-0.15, -0.1) is 11.8 Å². The minimum Gasteiger partial charge on any atom is -0.392 e. The van der Waals surface area contributed by atoms with E-state index in [2.05, 4.69) is 18.3 Å². The van der Waals surface area contributed by atoms with Crippen LogP contribution in [0.15, 0.2) is 23.1 Å². The fraction of sp³-hybridized carbons (Fsp3) is 0.400. The number of nitrogens with one attached hydrogen (secondary N) is 1. The molecule has 0 aromatic heterocycles. The number of benzene rings is 1. The van der Waals surface area contributed by atoms with E-state index in [1.165, 1.54) is 4.90 Å². The number of hydrogen-bond acceptors (Lipinski definition) is 3. The zero-order valence-corrected chi connectivity index (χ0v) is 8.40. The number of aliphatic hydroxyl groups is 1. The SMILES string of the molecule is CC1CSc2c(CO)cccc2N1. The Hall–Kier alpha value is -0.670. The Bertz CT molecular complexity index is 314. The summed E-state index contributed by atoms with van der Waals surface area (Å²) in [4.78, 5) is 1.21. The maximum Gasteiger partial charge on any atom is 0.0693 e. The predicted octanol–water partition coefficient (Wildman–Crippen LogP) is 2.08. The molecule has 0 spiro atoms. The van der Waals surface area contributed by atoms with Crippen LogP contribution in [0.25, 0.3) is 0 Å². The van der Waals surface area contributed by atoms with Crippen molar-refractivity contribution in [3.05, 3.63) is 23.8 Å². The Morgan fingerprint density at radius 1 is 1.62 bits per heavy atom. The van der Waals surface area contributed by atoms with E-state index in [0.29, 0.717) is 6.04 Å². The summed E-state index contributed by atoms with van der Waals surface area (Å²) in [5.41, 5.74) is 2.19. The van der Waals surface area contributed by atoms with E-state index in [4.69, 9.17) is 5.11 Å². The van der Waals surface area contributed by atoms with Gasteiger partial charge in [0.2, 0.25) is 0 Å². The highest BCUT2D eigenvalue weighted by molar-refractivity contribution is 7.99. The van der Waals surface area contributed by atoms with E-state index in [9.17, 15) is 0 Å². The van der Waals surface area contributed by atoms with Crippen LogP contribution in [0.2, 0.25) is 0 Å². The van der Waals surface area contributed by atoms with Crippen LogP contribution < -0.4 is 5.32 Å². The first-order chi connectivity index (χ1) is 6.31. The predicted molar refractivity (Wildman–Crippen MR) is 56.2 cm³/mol. The molecule has 13 heavy (non-hydrogen) atoms. The highest BCUT2D eigenvalue weighted by atomic mass is 32.2. The largest absolute Gasteiger partial charge is 0.392 e. The second kappa shape index (κ2) is 3.60. The third-order valence-corrected chi connectivity index (χ3v) is 3.58. The van der Waals surface area contributed by atoms with Crippen molar-refractivity contribution >= 4 is 17.4 Å². The molecule has 0 aliphatic carbocycles. The normalized spacial score (nSPS) is 20.6. The van der Waals surface area contributed by atoms with Crippen molar-refractivity contribution in [1.29, 1.82) is 0 Å². The van der Waals surface area contributed by atoms with Gasteiger partial charge in [-0.05, 0) is 18.6 Å². The summed E-state index contributed by atoms with van der Waals surface area (Å²) in [6, 6.07) is 6.54. The lowest BCUT2D eigenvalue weighted by Crippen LogP contribution is -2.22. The van der Waals surface area contributed by atoms with Crippen LogP contribution in [0.4, 0.5) is 5.69 Å². The van der Waals surface area contributed by atoms with Gasteiger partial charge in [-0.25, -0.2) is 0 Å². The molecule has 2 N–H and O–H groups in total. The van der Waals surface area contributed by atoms with Crippen LogP contribution in [0.3, 0.4) is 0 Å². The number of aliphatic hydroxyl groups excluding tert-OH is 1. The lowest BCUT2D eigenvalue weighted by atomic mass is 10.2. The van der Waals surface area contributed by atoms with Gasteiger partial charge in [0, 0.05) is 22.4 Å². The van der Waals surface area contributed by atoms with Crippen molar-refractivity contribution in [2.75, 3.05) is 11.1 Å². The molecule has 0 bridgehead atoms. The summed E-state index contributed by atoms with van der Waals surface area (Å²) in [7, 11) is 0. The summed E-state index contributed by atoms with van der Waals surface area (Å²) >= 11 is 1.83. The Balaban J connectivity index is 2.39. The van der Waals surface area contributed by atoms with Crippen molar-refractivity contribution in [3.8, 4) is 0 Å². The first kappa shape index (κ1) is 8.91. The molecule has 2 rings (SSSR count). The highest BCUT2D eigenvalue weighted by Crippen LogP contribution is 2.35. The molecule has 70 valence electrons. The van der Waals surface area contributed by atoms with Crippen LogP contribution in [0.1, 0.15) is 12.5 Å². The van der Waals surface area contributed by atoms with Gasteiger partial charge in [0.25, 0.3) is 0 Å². The van der Waals surface area contributed by atoms with E-state index in [-0.39, 0.29) is 6.61 Å². The zero-order valence-electron chi connectivity index (χ0n) is 7.58. The molecule has 1 aliphatic rings. The first-order valence-electron chi connectivity index (χ1n) is 4.43. The number of rotatable bonds is 1. The van der Waals surface area contributed by atoms with Gasteiger partial charge in [-0.2, -0.15) is 0 Å². The molecule has 0 fully saturated rings. The maximum atomic E-state index is 9.12. The average Bonchev–Trinajstić information content (AvgIpc) is 2.16. The molecular formula is C10H13NOS. The minimum atomic E-state index is 0.131. The van der Waals surface area contributed by atoms with Gasteiger partial charge >= 0.3 is 0 Å². The summed E-state index contributed by atoms with van der Waals surface area (Å²) in [6.45, 7) is 2.30. The Kier molecular flexibility index (Phi) is 2.47. The Morgan fingerprint density at radius 3 is 3.23 bits per heavy atom. The number of fused-ring (bicyclic) bond motifs is 1. The molecule has 1 heterocycles. The van der Waals surface area contributed by atoms with Crippen LogP contribution in [-0.4, -0.2) is 16.9 Å². The van der Waals surface area contributed by atoms with E-state index in [1.807, 2.05) is 23.9 Å². The topological polar surface area (TPSA) is 32.3 Å². The average molecular weight is 195 g/mol. The van der Waals surface area contributed by atoms with Crippen molar-refractivity contribution < 1.29 is 5.11 Å². The number of thioether (sulfide) groups is 1. The van der Waals surface area contributed by atoms with Gasteiger partial charge in [-0.1, -0.05) is 12.1 Å². The lowest BCUT2D eigenvalue weighted by molar-refractivity contribution is 0.279. The molecule has 1 aliphatic heterocycles.